The van der Waals surface area contributed by atoms with Crippen LogP contribution in [0.2, 0.25) is 0 Å². The van der Waals surface area contributed by atoms with Gasteiger partial charge in [0.25, 0.3) is 0 Å². The number of halogens is 1. The van der Waals surface area contributed by atoms with Crippen LogP contribution in [0.5, 0.6) is 0 Å². The van der Waals surface area contributed by atoms with Gasteiger partial charge < -0.3 is 11.2 Å². The van der Waals surface area contributed by atoms with Gasteiger partial charge in [-0.2, -0.15) is 5.10 Å². The molecule has 0 saturated heterocycles. The molecule has 0 unspecified atom stereocenters. The van der Waals surface area contributed by atoms with Crippen LogP contribution in [0.3, 0.4) is 0 Å². The predicted octanol–water partition coefficient (Wildman–Crippen LogP) is 3.95. The van der Waals surface area contributed by atoms with Gasteiger partial charge in [-0.15, -0.1) is 10.2 Å². The van der Waals surface area contributed by atoms with Gasteiger partial charge in [0.2, 0.25) is 11.1 Å². The molecule has 2 aromatic heterocycles. The Morgan fingerprint density at radius 1 is 1.13 bits per heavy atom. The first-order chi connectivity index (χ1) is 14.9. The highest BCUT2D eigenvalue weighted by Gasteiger charge is 2.16. The van der Waals surface area contributed by atoms with Gasteiger partial charge in [0, 0.05) is 16.1 Å². The van der Waals surface area contributed by atoms with Gasteiger partial charge in [0.05, 0.1) is 17.1 Å². The zero-order valence-corrected chi connectivity index (χ0v) is 19.3. The van der Waals surface area contributed by atoms with Crippen LogP contribution in [0.1, 0.15) is 11.3 Å². The quantitative estimate of drug-likeness (QED) is 0.308. The normalized spacial score (nSPS) is 10.9. The number of anilines is 1. The third-order valence-electron chi connectivity index (χ3n) is 4.49. The molecule has 0 aliphatic heterocycles. The van der Waals surface area contributed by atoms with E-state index in [0.29, 0.717) is 16.8 Å². The van der Waals surface area contributed by atoms with E-state index >= 15 is 0 Å². The molecule has 8 nitrogen and oxygen atoms in total. The number of rotatable bonds is 6. The smallest absolute Gasteiger partial charge is 0.236 e. The van der Waals surface area contributed by atoms with Crippen molar-refractivity contribution in [2.45, 2.75) is 19.0 Å². The second-order valence-corrected chi connectivity index (χ2v) is 8.71. The topological polar surface area (TPSA) is 104 Å². The number of hydrogen-bond acceptors (Lipinski definition) is 6. The Bertz CT molecular complexity index is 1230. The summed E-state index contributed by atoms with van der Waals surface area (Å²) in [6.07, 6.45) is 0. The Kier molecular flexibility index (Phi) is 6.10. The van der Waals surface area contributed by atoms with E-state index in [2.05, 4.69) is 36.5 Å². The summed E-state index contributed by atoms with van der Waals surface area (Å²) in [5.41, 5.74) is 3.67. The highest BCUT2D eigenvalue weighted by molar-refractivity contribution is 9.10. The van der Waals surface area contributed by atoms with Gasteiger partial charge in [-0.1, -0.05) is 57.5 Å². The van der Waals surface area contributed by atoms with E-state index < -0.39 is 0 Å². The number of hydrogen-bond donors (Lipinski definition) is 2. The van der Waals surface area contributed by atoms with Crippen molar-refractivity contribution >= 4 is 39.4 Å². The first kappa shape index (κ1) is 21.1. The first-order valence-electron chi connectivity index (χ1n) is 9.44. The zero-order valence-electron chi connectivity index (χ0n) is 16.9. The Hall–Kier alpha value is -3.11. The van der Waals surface area contributed by atoms with Crippen LogP contribution in [-0.4, -0.2) is 36.3 Å². The second-order valence-electron chi connectivity index (χ2n) is 6.91. The van der Waals surface area contributed by atoms with E-state index in [1.807, 2.05) is 68.4 Å². The van der Waals surface area contributed by atoms with E-state index in [0.717, 1.165) is 27.0 Å². The summed E-state index contributed by atoms with van der Waals surface area (Å²) in [5.74, 6) is 7.22. The summed E-state index contributed by atoms with van der Waals surface area (Å²) in [7, 11) is 0. The summed E-state index contributed by atoms with van der Waals surface area (Å²) >= 11 is 4.71. The van der Waals surface area contributed by atoms with Crippen LogP contribution in [0.4, 0.5) is 5.82 Å². The monoisotopic (exact) mass is 497 g/mol. The Morgan fingerprint density at radius 3 is 2.61 bits per heavy atom. The predicted molar refractivity (Wildman–Crippen MR) is 126 cm³/mol. The minimum Gasteiger partial charge on any atom is -0.335 e. The summed E-state index contributed by atoms with van der Waals surface area (Å²) in [5, 5.41) is 16.1. The number of carbonyl (C=O) groups excluding carboxylic acids is 1. The standard InChI is InChI=1S/C21H20BrN7OS/c1-13-7-9-15(10-8-13)29-18(11-14(2)27-29)24-19(30)12-31-21-26-25-20(28(21)23)16-5-3-4-6-17(16)22/h3-11H,12,23H2,1-2H3,(H,24,30). The van der Waals surface area contributed by atoms with Crippen LogP contribution in [-0.2, 0) is 4.79 Å². The molecule has 0 atom stereocenters. The fourth-order valence-corrected chi connectivity index (χ4v) is 4.10. The van der Waals surface area contributed by atoms with Crippen molar-refractivity contribution in [1.82, 2.24) is 24.7 Å². The molecule has 4 rings (SSSR count). The van der Waals surface area contributed by atoms with Crippen molar-refractivity contribution in [2.75, 3.05) is 16.9 Å². The van der Waals surface area contributed by atoms with Gasteiger partial charge in [0.1, 0.15) is 5.82 Å². The summed E-state index contributed by atoms with van der Waals surface area (Å²) in [6, 6.07) is 17.4. The van der Waals surface area contributed by atoms with E-state index in [9.17, 15) is 4.79 Å². The van der Waals surface area contributed by atoms with E-state index in [1.165, 1.54) is 16.4 Å². The number of carbonyl (C=O) groups is 1. The molecule has 31 heavy (non-hydrogen) atoms. The molecule has 10 heteroatoms. The van der Waals surface area contributed by atoms with Gasteiger partial charge in [-0.25, -0.2) is 9.36 Å². The number of amides is 1. The minimum atomic E-state index is -0.191. The lowest BCUT2D eigenvalue weighted by atomic mass is 10.2. The molecule has 158 valence electrons. The highest BCUT2D eigenvalue weighted by Crippen LogP contribution is 2.28. The molecule has 0 radical (unpaired) electrons. The highest BCUT2D eigenvalue weighted by atomic mass is 79.9. The van der Waals surface area contributed by atoms with Crippen LogP contribution in [0.25, 0.3) is 17.1 Å². The molecule has 2 aromatic carbocycles. The maximum atomic E-state index is 12.6. The van der Waals surface area contributed by atoms with Gasteiger partial charge >= 0.3 is 0 Å². The molecule has 0 saturated carbocycles. The second kappa shape index (κ2) is 8.94. The van der Waals surface area contributed by atoms with E-state index in [1.54, 1.807) is 4.68 Å². The third-order valence-corrected chi connectivity index (χ3v) is 6.12. The Morgan fingerprint density at radius 2 is 1.87 bits per heavy atom. The summed E-state index contributed by atoms with van der Waals surface area (Å²) in [4.78, 5) is 12.6. The molecular weight excluding hydrogens is 478 g/mol. The van der Waals surface area contributed by atoms with Gasteiger partial charge in [-0.05, 0) is 38.1 Å². The van der Waals surface area contributed by atoms with Crippen LogP contribution < -0.4 is 11.2 Å². The number of thioether (sulfide) groups is 1. The maximum absolute atomic E-state index is 12.6. The maximum Gasteiger partial charge on any atom is 0.236 e. The lowest BCUT2D eigenvalue weighted by molar-refractivity contribution is -0.113. The molecule has 0 spiro atoms. The van der Waals surface area contributed by atoms with Crippen LogP contribution in [0, 0.1) is 13.8 Å². The number of aryl methyl sites for hydroxylation is 2. The average molecular weight is 498 g/mol. The van der Waals surface area contributed by atoms with Crippen molar-refractivity contribution in [3.8, 4) is 17.1 Å². The molecule has 1 amide bonds. The fourth-order valence-electron chi connectivity index (χ4n) is 2.98. The first-order valence-corrected chi connectivity index (χ1v) is 11.2. The summed E-state index contributed by atoms with van der Waals surface area (Å²) in [6.45, 7) is 3.91. The number of benzene rings is 2. The largest absolute Gasteiger partial charge is 0.335 e. The van der Waals surface area contributed by atoms with Crippen molar-refractivity contribution in [2.24, 2.45) is 0 Å². The molecule has 4 aromatic rings. The molecular formula is C21H20BrN7OS. The molecule has 0 aliphatic carbocycles. The fraction of sp³-hybridized carbons (Fsp3) is 0.143. The van der Waals surface area contributed by atoms with E-state index in [-0.39, 0.29) is 11.7 Å². The van der Waals surface area contributed by atoms with Crippen molar-refractivity contribution in [1.29, 1.82) is 0 Å². The lowest BCUT2D eigenvalue weighted by Gasteiger charge is -2.09. The van der Waals surface area contributed by atoms with Crippen LogP contribution in [0.15, 0.2) is 64.2 Å². The van der Waals surface area contributed by atoms with Gasteiger partial charge in [-0.3, -0.25) is 4.79 Å². The Labute approximate surface area is 192 Å². The van der Waals surface area contributed by atoms with Gasteiger partial charge in [0.15, 0.2) is 5.82 Å². The van der Waals surface area contributed by atoms with Crippen LogP contribution >= 0.6 is 27.7 Å². The zero-order chi connectivity index (χ0) is 22.0. The average Bonchev–Trinajstić information content (AvgIpc) is 3.29. The number of nitrogen functional groups attached to an aromatic ring is 1. The molecule has 0 fully saturated rings. The number of nitrogens with one attached hydrogen (secondary N) is 1. The minimum absolute atomic E-state index is 0.128. The third kappa shape index (κ3) is 4.64. The molecule has 3 N–H and O–H groups in total. The molecule has 0 aliphatic rings. The van der Waals surface area contributed by atoms with E-state index in [4.69, 9.17) is 5.84 Å². The Balaban J connectivity index is 1.45. The molecule has 0 bridgehead atoms. The number of nitrogens with zero attached hydrogens (tertiary/aromatic N) is 5. The molecule has 2 heterocycles. The number of nitrogens with two attached hydrogens (primary N) is 1. The SMILES string of the molecule is Cc1ccc(-n2nc(C)cc2NC(=O)CSc2nnc(-c3ccccc3Br)n2N)cc1. The number of aromatic nitrogens is 5. The van der Waals surface area contributed by atoms with Crippen molar-refractivity contribution in [3.63, 3.8) is 0 Å². The van der Waals surface area contributed by atoms with Crippen molar-refractivity contribution < 1.29 is 4.79 Å². The summed E-state index contributed by atoms with van der Waals surface area (Å²) < 4.78 is 3.97. The van der Waals surface area contributed by atoms with Crippen molar-refractivity contribution in [3.05, 3.63) is 70.3 Å². The lowest BCUT2D eigenvalue weighted by Crippen LogP contribution is -2.18.